The van der Waals surface area contributed by atoms with Crippen LogP contribution in [0.15, 0.2) is 18.2 Å². The third-order valence-corrected chi connectivity index (χ3v) is 2.86. The van der Waals surface area contributed by atoms with Crippen LogP contribution in [-0.4, -0.2) is 19.8 Å². The average Bonchev–Trinajstić information content (AvgIpc) is 2.37. The van der Waals surface area contributed by atoms with E-state index in [4.69, 9.17) is 4.74 Å². The summed E-state index contributed by atoms with van der Waals surface area (Å²) in [5, 5.41) is 3.44. The minimum absolute atomic E-state index is 0.149. The topological polar surface area (TPSA) is 21.3 Å². The van der Waals surface area contributed by atoms with Gasteiger partial charge in [-0.1, -0.05) is 26.0 Å². The molecule has 0 amide bonds. The summed E-state index contributed by atoms with van der Waals surface area (Å²) in [6.07, 6.45) is 2.09. The van der Waals surface area contributed by atoms with Crippen LogP contribution in [0.2, 0.25) is 0 Å². The van der Waals surface area contributed by atoms with Crippen LogP contribution in [0.25, 0.3) is 0 Å². The smallest absolute Gasteiger partial charge is 0.126 e. The van der Waals surface area contributed by atoms with Gasteiger partial charge in [-0.25, -0.2) is 4.39 Å². The molecule has 0 aliphatic heterocycles. The van der Waals surface area contributed by atoms with E-state index in [1.807, 2.05) is 12.1 Å². The number of rotatable bonds is 8. The Bertz CT molecular complexity index is 354. The Kier molecular flexibility index (Phi) is 6.91. The van der Waals surface area contributed by atoms with Crippen molar-refractivity contribution in [1.29, 1.82) is 0 Å². The lowest BCUT2D eigenvalue weighted by Crippen LogP contribution is -2.26. The van der Waals surface area contributed by atoms with Gasteiger partial charge in [0.05, 0.1) is 12.6 Å². The standard InChI is InChI=1S/C15H24FNO/c1-4-8-17-15(11-18-9-5-2)13-6-7-14(16)12(3)10-13/h6-7,10,15,17H,4-5,8-9,11H2,1-3H3. The third kappa shape index (κ3) is 4.75. The Morgan fingerprint density at radius 3 is 2.67 bits per heavy atom. The largest absolute Gasteiger partial charge is 0.379 e. The van der Waals surface area contributed by atoms with E-state index in [0.717, 1.165) is 31.6 Å². The number of hydrogen-bond acceptors (Lipinski definition) is 2. The highest BCUT2D eigenvalue weighted by molar-refractivity contribution is 5.26. The fourth-order valence-electron chi connectivity index (χ4n) is 1.82. The molecule has 1 rings (SSSR count). The molecule has 1 aromatic rings. The Morgan fingerprint density at radius 2 is 2.06 bits per heavy atom. The molecule has 0 saturated carbocycles. The summed E-state index contributed by atoms with van der Waals surface area (Å²) < 4.78 is 18.9. The van der Waals surface area contributed by atoms with Crippen molar-refractivity contribution in [2.24, 2.45) is 0 Å². The zero-order valence-electron chi connectivity index (χ0n) is 11.6. The van der Waals surface area contributed by atoms with E-state index in [-0.39, 0.29) is 11.9 Å². The average molecular weight is 253 g/mol. The van der Waals surface area contributed by atoms with Crippen LogP contribution in [0, 0.1) is 12.7 Å². The maximum Gasteiger partial charge on any atom is 0.126 e. The van der Waals surface area contributed by atoms with E-state index in [0.29, 0.717) is 12.2 Å². The first kappa shape index (κ1) is 15.1. The predicted octanol–water partition coefficient (Wildman–Crippen LogP) is 3.60. The number of ether oxygens (including phenoxy) is 1. The van der Waals surface area contributed by atoms with E-state index in [1.165, 1.54) is 6.07 Å². The summed E-state index contributed by atoms with van der Waals surface area (Å²) in [5.41, 5.74) is 1.78. The molecule has 0 fully saturated rings. The van der Waals surface area contributed by atoms with E-state index in [1.54, 1.807) is 6.92 Å². The molecule has 2 nitrogen and oxygen atoms in total. The Morgan fingerprint density at radius 1 is 1.28 bits per heavy atom. The maximum absolute atomic E-state index is 13.3. The molecule has 102 valence electrons. The van der Waals surface area contributed by atoms with Crippen LogP contribution in [0.4, 0.5) is 4.39 Å². The molecule has 3 heteroatoms. The first-order valence-corrected chi connectivity index (χ1v) is 6.76. The zero-order chi connectivity index (χ0) is 13.4. The highest BCUT2D eigenvalue weighted by atomic mass is 19.1. The van der Waals surface area contributed by atoms with Crippen molar-refractivity contribution in [3.05, 3.63) is 35.1 Å². The highest BCUT2D eigenvalue weighted by Crippen LogP contribution is 2.17. The Labute approximate surface area is 110 Å². The number of nitrogens with one attached hydrogen (secondary N) is 1. The molecule has 1 N–H and O–H groups in total. The van der Waals surface area contributed by atoms with E-state index < -0.39 is 0 Å². The van der Waals surface area contributed by atoms with Crippen molar-refractivity contribution in [2.45, 2.75) is 39.7 Å². The molecule has 0 spiro atoms. The molecular formula is C15H24FNO. The van der Waals surface area contributed by atoms with Crippen molar-refractivity contribution in [3.63, 3.8) is 0 Å². The molecule has 1 atom stereocenters. The fourth-order valence-corrected chi connectivity index (χ4v) is 1.82. The second-order valence-corrected chi connectivity index (χ2v) is 4.59. The first-order chi connectivity index (χ1) is 8.69. The van der Waals surface area contributed by atoms with Crippen molar-refractivity contribution >= 4 is 0 Å². The van der Waals surface area contributed by atoms with Crippen molar-refractivity contribution in [1.82, 2.24) is 5.32 Å². The van der Waals surface area contributed by atoms with Crippen LogP contribution in [0.3, 0.4) is 0 Å². The molecule has 0 heterocycles. The summed E-state index contributed by atoms with van der Waals surface area (Å²) in [4.78, 5) is 0. The van der Waals surface area contributed by atoms with Gasteiger partial charge in [0.2, 0.25) is 0 Å². The first-order valence-electron chi connectivity index (χ1n) is 6.76. The number of aryl methyl sites for hydroxylation is 1. The fraction of sp³-hybridized carbons (Fsp3) is 0.600. The van der Waals surface area contributed by atoms with Crippen LogP contribution in [0.5, 0.6) is 0 Å². The van der Waals surface area contributed by atoms with Gasteiger partial charge in [-0.2, -0.15) is 0 Å². The number of hydrogen-bond donors (Lipinski definition) is 1. The molecular weight excluding hydrogens is 229 g/mol. The van der Waals surface area contributed by atoms with Gasteiger partial charge in [-0.3, -0.25) is 0 Å². The van der Waals surface area contributed by atoms with Crippen LogP contribution >= 0.6 is 0 Å². The SMILES string of the molecule is CCCNC(COCCC)c1ccc(F)c(C)c1. The molecule has 18 heavy (non-hydrogen) atoms. The van der Waals surface area contributed by atoms with Crippen molar-refractivity contribution in [3.8, 4) is 0 Å². The molecule has 1 unspecified atom stereocenters. The van der Waals surface area contributed by atoms with Crippen LogP contribution < -0.4 is 5.32 Å². The van der Waals surface area contributed by atoms with Gasteiger partial charge in [0.15, 0.2) is 0 Å². The lowest BCUT2D eigenvalue weighted by molar-refractivity contribution is 0.112. The summed E-state index contributed by atoms with van der Waals surface area (Å²) in [5.74, 6) is -0.150. The predicted molar refractivity (Wildman–Crippen MR) is 73.3 cm³/mol. The zero-order valence-corrected chi connectivity index (χ0v) is 11.6. The van der Waals surface area contributed by atoms with Crippen molar-refractivity contribution < 1.29 is 9.13 Å². The summed E-state index contributed by atoms with van der Waals surface area (Å²) in [6, 6.07) is 5.42. The molecule has 0 aliphatic rings. The van der Waals surface area contributed by atoms with E-state index in [2.05, 4.69) is 19.2 Å². The maximum atomic E-state index is 13.3. The van der Waals surface area contributed by atoms with Crippen molar-refractivity contribution in [2.75, 3.05) is 19.8 Å². The Balaban J connectivity index is 2.70. The number of benzene rings is 1. The normalized spacial score (nSPS) is 12.7. The summed E-state index contributed by atoms with van der Waals surface area (Å²) in [6.45, 7) is 8.37. The van der Waals surface area contributed by atoms with Gasteiger partial charge in [0.1, 0.15) is 5.82 Å². The van der Waals surface area contributed by atoms with Gasteiger partial charge in [-0.05, 0) is 43.5 Å². The quantitative estimate of drug-likeness (QED) is 0.715. The third-order valence-electron chi connectivity index (χ3n) is 2.86. The molecule has 0 radical (unpaired) electrons. The van der Waals surface area contributed by atoms with Gasteiger partial charge in [-0.15, -0.1) is 0 Å². The molecule has 0 bridgehead atoms. The second-order valence-electron chi connectivity index (χ2n) is 4.59. The van der Waals surface area contributed by atoms with Gasteiger partial charge in [0.25, 0.3) is 0 Å². The minimum atomic E-state index is -0.150. The molecule has 1 aromatic carbocycles. The summed E-state index contributed by atoms with van der Waals surface area (Å²) in [7, 11) is 0. The van der Waals surface area contributed by atoms with E-state index >= 15 is 0 Å². The lowest BCUT2D eigenvalue weighted by Gasteiger charge is -2.19. The molecule has 0 aliphatic carbocycles. The van der Waals surface area contributed by atoms with Gasteiger partial charge in [0, 0.05) is 6.61 Å². The Hall–Kier alpha value is -0.930. The van der Waals surface area contributed by atoms with Gasteiger partial charge >= 0.3 is 0 Å². The lowest BCUT2D eigenvalue weighted by atomic mass is 10.0. The van der Waals surface area contributed by atoms with Crippen LogP contribution in [0.1, 0.15) is 43.9 Å². The molecule has 0 aromatic heterocycles. The summed E-state index contributed by atoms with van der Waals surface area (Å²) >= 11 is 0. The van der Waals surface area contributed by atoms with Gasteiger partial charge < -0.3 is 10.1 Å². The highest BCUT2D eigenvalue weighted by Gasteiger charge is 2.12. The minimum Gasteiger partial charge on any atom is -0.379 e. The monoisotopic (exact) mass is 253 g/mol. The van der Waals surface area contributed by atoms with Crippen LogP contribution in [-0.2, 0) is 4.74 Å². The number of halogens is 1. The molecule has 0 saturated heterocycles. The second kappa shape index (κ2) is 8.22. The van der Waals surface area contributed by atoms with E-state index in [9.17, 15) is 4.39 Å².